The molecule has 0 aliphatic heterocycles. The average Bonchev–Trinajstić information content (AvgIpc) is 2.76. The van der Waals surface area contributed by atoms with Crippen LogP contribution in [0.2, 0.25) is 0 Å². The fourth-order valence-electron chi connectivity index (χ4n) is 1.68. The molecule has 7 heteroatoms. The Kier molecular flexibility index (Phi) is 4.53. The lowest BCUT2D eigenvalue weighted by atomic mass is 10.2. The molecule has 0 aliphatic rings. The normalized spacial score (nSPS) is 11.6. The lowest BCUT2D eigenvalue weighted by Gasteiger charge is -2.09. The molecule has 0 amide bonds. The number of aliphatic hydroxyl groups is 1. The first-order valence-corrected chi connectivity index (χ1v) is 8.92. The Morgan fingerprint density at radius 3 is 2.55 bits per heavy atom. The van der Waals surface area contributed by atoms with Crippen molar-refractivity contribution in [1.29, 1.82) is 0 Å². The summed E-state index contributed by atoms with van der Waals surface area (Å²) in [6.07, 6.45) is 0. The van der Waals surface area contributed by atoms with E-state index in [0.29, 0.717) is 10.6 Å². The van der Waals surface area contributed by atoms with Crippen molar-refractivity contribution in [2.45, 2.75) is 24.7 Å². The highest BCUT2D eigenvalue weighted by Crippen LogP contribution is 2.29. The number of nitrogens with one attached hydrogen (secondary N) is 1. The summed E-state index contributed by atoms with van der Waals surface area (Å²) >= 11 is 4.41. The highest BCUT2D eigenvalue weighted by molar-refractivity contribution is 9.10. The van der Waals surface area contributed by atoms with Crippen molar-refractivity contribution in [3.05, 3.63) is 44.7 Å². The third-order valence-corrected chi connectivity index (χ3v) is 6.40. The average molecular weight is 376 g/mol. The number of aryl methyl sites for hydroxylation is 2. The van der Waals surface area contributed by atoms with Gasteiger partial charge >= 0.3 is 0 Å². The van der Waals surface area contributed by atoms with Crippen molar-refractivity contribution >= 4 is 43.0 Å². The summed E-state index contributed by atoms with van der Waals surface area (Å²) < 4.78 is 28.3. The van der Waals surface area contributed by atoms with Crippen LogP contribution in [0, 0.1) is 13.8 Å². The zero-order valence-electron chi connectivity index (χ0n) is 11.0. The zero-order valence-corrected chi connectivity index (χ0v) is 14.2. The first kappa shape index (κ1) is 15.5. The number of aliphatic hydroxyl groups excluding tert-OH is 1. The van der Waals surface area contributed by atoms with Crippen molar-refractivity contribution in [1.82, 2.24) is 0 Å². The molecule has 1 aromatic carbocycles. The molecule has 4 nitrogen and oxygen atoms in total. The molecule has 2 rings (SSSR count). The number of halogens is 1. The van der Waals surface area contributed by atoms with Crippen LogP contribution in [0.25, 0.3) is 0 Å². The fourth-order valence-corrected chi connectivity index (χ4v) is 4.61. The second-order valence-corrected chi connectivity index (χ2v) is 8.36. The molecular formula is C13H14BrNO3S2. The molecule has 0 bridgehead atoms. The Labute approximate surface area is 130 Å². The van der Waals surface area contributed by atoms with E-state index in [4.69, 9.17) is 5.11 Å². The minimum atomic E-state index is -3.63. The molecule has 0 fully saturated rings. The molecule has 2 aromatic rings. The summed E-state index contributed by atoms with van der Waals surface area (Å²) in [5, 5.41) is 9.16. The van der Waals surface area contributed by atoms with E-state index in [1.165, 1.54) is 0 Å². The van der Waals surface area contributed by atoms with Crippen molar-refractivity contribution < 1.29 is 13.5 Å². The van der Waals surface area contributed by atoms with Gasteiger partial charge in [-0.3, -0.25) is 4.72 Å². The molecule has 1 heterocycles. The van der Waals surface area contributed by atoms with Crippen LogP contribution in [0.3, 0.4) is 0 Å². The number of hydrogen-bond donors (Lipinski definition) is 2. The number of anilines is 1. The second-order valence-electron chi connectivity index (χ2n) is 4.39. The number of rotatable bonds is 4. The highest BCUT2D eigenvalue weighted by atomic mass is 79.9. The van der Waals surface area contributed by atoms with Crippen LogP contribution in [-0.4, -0.2) is 13.5 Å². The minimum Gasteiger partial charge on any atom is -0.391 e. The third-order valence-electron chi connectivity index (χ3n) is 2.85. The van der Waals surface area contributed by atoms with Crippen molar-refractivity contribution in [3.8, 4) is 0 Å². The smallest absolute Gasteiger partial charge is 0.271 e. The maximum absolute atomic E-state index is 12.3. The van der Waals surface area contributed by atoms with Gasteiger partial charge in [0.1, 0.15) is 4.21 Å². The van der Waals surface area contributed by atoms with Gasteiger partial charge < -0.3 is 5.11 Å². The molecule has 0 aliphatic carbocycles. The predicted molar refractivity (Wildman–Crippen MR) is 84.7 cm³/mol. The van der Waals surface area contributed by atoms with Crippen molar-refractivity contribution in [3.63, 3.8) is 0 Å². The van der Waals surface area contributed by atoms with Gasteiger partial charge in [-0.05, 0) is 43.2 Å². The first-order valence-electron chi connectivity index (χ1n) is 5.82. The SMILES string of the molecule is Cc1ccc(Br)cc1NS(=O)(=O)c1cc(C)c(CO)s1. The molecule has 1 aromatic heterocycles. The number of hydrogen-bond acceptors (Lipinski definition) is 4. The molecule has 0 radical (unpaired) electrons. The standard InChI is InChI=1S/C13H14BrNO3S2/c1-8-3-4-10(14)6-11(8)15-20(17,18)13-5-9(2)12(7-16)19-13/h3-6,15-16H,7H2,1-2H3. The fraction of sp³-hybridized carbons (Fsp3) is 0.231. The summed E-state index contributed by atoms with van der Waals surface area (Å²) in [4.78, 5) is 0.663. The Morgan fingerprint density at radius 2 is 1.95 bits per heavy atom. The lowest BCUT2D eigenvalue weighted by molar-refractivity contribution is 0.285. The van der Waals surface area contributed by atoms with E-state index in [1.807, 2.05) is 19.1 Å². The topological polar surface area (TPSA) is 66.4 Å². The first-order chi connectivity index (χ1) is 9.33. The molecule has 0 unspecified atom stereocenters. The van der Waals surface area contributed by atoms with Gasteiger partial charge in [0, 0.05) is 9.35 Å². The van der Waals surface area contributed by atoms with E-state index in [2.05, 4.69) is 20.7 Å². The van der Waals surface area contributed by atoms with E-state index < -0.39 is 10.0 Å². The predicted octanol–water partition coefficient (Wildman–Crippen LogP) is 3.42. The van der Waals surface area contributed by atoms with Gasteiger partial charge in [-0.2, -0.15) is 0 Å². The molecule has 0 saturated heterocycles. The number of sulfonamides is 1. The van der Waals surface area contributed by atoms with E-state index >= 15 is 0 Å². The summed E-state index contributed by atoms with van der Waals surface area (Å²) in [5.41, 5.74) is 2.16. The zero-order chi connectivity index (χ0) is 14.9. The molecule has 0 saturated carbocycles. The molecule has 0 spiro atoms. The number of benzene rings is 1. The van der Waals surface area contributed by atoms with Crippen LogP contribution in [0.4, 0.5) is 5.69 Å². The van der Waals surface area contributed by atoms with E-state index in [9.17, 15) is 8.42 Å². The van der Waals surface area contributed by atoms with E-state index in [1.54, 1.807) is 19.1 Å². The van der Waals surface area contributed by atoms with Gasteiger partial charge in [0.15, 0.2) is 0 Å². The highest BCUT2D eigenvalue weighted by Gasteiger charge is 2.19. The van der Waals surface area contributed by atoms with Crippen LogP contribution < -0.4 is 4.72 Å². The van der Waals surface area contributed by atoms with Crippen LogP contribution in [0.5, 0.6) is 0 Å². The Balaban J connectivity index is 2.37. The van der Waals surface area contributed by atoms with Gasteiger partial charge in [0.05, 0.1) is 12.3 Å². The Bertz CT molecular complexity index is 738. The quantitative estimate of drug-likeness (QED) is 0.859. The van der Waals surface area contributed by atoms with Crippen LogP contribution in [0.15, 0.2) is 32.9 Å². The maximum Gasteiger partial charge on any atom is 0.271 e. The summed E-state index contributed by atoms with van der Waals surface area (Å²) in [5.74, 6) is 0. The largest absolute Gasteiger partial charge is 0.391 e. The summed E-state index contributed by atoms with van der Waals surface area (Å²) in [6, 6.07) is 6.99. The van der Waals surface area contributed by atoms with Gasteiger partial charge in [-0.25, -0.2) is 8.42 Å². The van der Waals surface area contributed by atoms with Crippen LogP contribution in [-0.2, 0) is 16.6 Å². The van der Waals surface area contributed by atoms with Gasteiger partial charge in [-0.15, -0.1) is 11.3 Å². The van der Waals surface area contributed by atoms with E-state index in [-0.39, 0.29) is 10.8 Å². The van der Waals surface area contributed by atoms with Crippen LogP contribution in [0.1, 0.15) is 16.0 Å². The number of thiophene rings is 1. The molecule has 108 valence electrons. The van der Waals surface area contributed by atoms with Gasteiger partial charge in [-0.1, -0.05) is 22.0 Å². The molecule has 20 heavy (non-hydrogen) atoms. The molecular weight excluding hydrogens is 362 g/mol. The van der Waals surface area contributed by atoms with E-state index in [0.717, 1.165) is 26.9 Å². The van der Waals surface area contributed by atoms with Crippen LogP contribution >= 0.6 is 27.3 Å². The monoisotopic (exact) mass is 375 g/mol. The molecule has 2 N–H and O–H groups in total. The van der Waals surface area contributed by atoms with Crippen molar-refractivity contribution in [2.24, 2.45) is 0 Å². The molecule has 0 atom stereocenters. The second kappa shape index (κ2) is 5.85. The van der Waals surface area contributed by atoms with Crippen molar-refractivity contribution in [2.75, 3.05) is 4.72 Å². The van der Waals surface area contributed by atoms with Gasteiger partial charge in [0.25, 0.3) is 10.0 Å². The Morgan fingerprint density at radius 1 is 1.25 bits per heavy atom. The summed E-state index contributed by atoms with van der Waals surface area (Å²) in [7, 11) is -3.63. The maximum atomic E-state index is 12.3. The summed E-state index contributed by atoms with van der Waals surface area (Å²) in [6.45, 7) is 3.47. The minimum absolute atomic E-state index is 0.151. The lowest BCUT2D eigenvalue weighted by Crippen LogP contribution is -2.12. The van der Waals surface area contributed by atoms with Gasteiger partial charge in [0.2, 0.25) is 0 Å². The Hall–Kier alpha value is -0.890. The third kappa shape index (κ3) is 3.22.